The number of hydrogen-bond acceptors (Lipinski definition) is 4. The van der Waals surface area contributed by atoms with E-state index in [1.165, 1.54) is 4.90 Å². The summed E-state index contributed by atoms with van der Waals surface area (Å²) < 4.78 is 27.9. The van der Waals surface area contributed by atoms with Crippen LogP contribution in [0.15, 0.2) is 77.3 Å². The Morgan fingerprint density at radius 3 is 2.27 bits per heavy atom. The van der Waals surface area contributed by atoms with E-state index in [1.54, 1.807) is 25.1 Å². The van der Waals surface area contributed by atoms with Crippen LogP contribution < -0.4 is 9.62 Å². The second-order valence-electron chi connectivity index (χ2n) is 10.5. The van der Waals surface area contributed by atoms with Crippen molar-refractivity contribution in [1.29, 1.82) is 0 Å². The molecule has 0 heterocycles. The molecule has 3 aromatic rings. The molecule has 0 saturated heterocycles. The molecule has 0 aromatic heterocycles. The zero-order chi connectivity index (χ0) is 29.6. The number of halogens is 2. The van der Waals surface area contributed by atoms with Crippen molar-refractivity contribution >= 4 is 55.1 Å². The van der Waals surface area contributed by atoms with Crippen molar-refractivity contribution in [2.45, 2.75) is 57.7 Å². The van der Waals surface area contributed by atoms with Gasteiger partial charge >= 0.3 is 0 Å². The number of anilines is 1. The standard InChI is InChI=1S/C31H35BrClN3O4S/c1-22-18-26(33)16-17-28(22)36(41(2,39)40)21-30(37)35(20-24-12-14-25(32)15-13-24)29(19-23-8-4-3-5-9-23)31(38)34-27-10-6-7-11-27/h3-5,8-9,12-18,27,29H,6-7,10-11,19-21H2,1-2H3,(H,34,38)/t29-/m0/s1. The molecule has 10 heteroatoms. The van der Waals surface area contributed by atoms with E-state index in [2.05, 4.69) is 21.2 Å². The highest BCUT2D eigenvalue weighted by molar-refractivity contribution is 9.10. The highest BCUT2D eigenvalue weighted by atomic mass is 79.9. The number of nitrogens with zero attached hydrogens (tertiary/aromatic N) is 2. The van der Waals surface area contributed by atoms with E-state index >= 15 is 0 Å². The van der Waals surface area contributed by atoms with Crippen LogP contribution in [0.4, 0.5) is 5.69 Å². The van der Waals surface area contributed by atoms with Gasteiger partial charge in [0.15, 0.2) is 0 Å². The molecule has 7 nitrogen and oxygen atoms in total. The largest absolute Gasteiger partial charge is 0.352 e. The first-order chi connectivity index (χ1) is 19.5. The van der Waals surface area contributed by atoms with Crippen molar-refractivity contribution in [3.8, 4) is 0 Å². The van der Waals surface area contributed by atoms with Crippen LogP contribution in [0, 0.1) is 6.92 Å². The number of benzene rings is 3. The average Bonchev–Trinajstić information content (AvgIpc) is 3.43. The predicted octanol–water partition coefficient (Wildman–Crippen LogP) is 5.88. The molecule has 1 atom stereocenters. The molecule has 3 aromatic carbocycles. The fraction of sp³-hybridized carbons (Fsp3) is 0.355. The summed E-state index contributed by atoms with van der Waals surface area (Å²) in [5, 5.41) is 3.64. The number of nitrogens with one attached hydrogen (secondary N) is 1. The maximum absolute atomic E-state index is 14.2. The minimum Gasteiger partial charge on any atom is -0.352 e. The normalized spacial score (nSPS) is 14.4. The molecule has 1 aliphatic carbocycles. The first-order valence-electron chi connectivity index (χ1n) is 13.6. The van der Waals surface area contributed by atoms with Gasteiger partial charge < -0.3 is 10.2 Å². The lowest BCUT2D eigenvalue weighted by Crippen LogP contribution is -2.54. The molecule has 1 fully saturated rings. The maximum atomic E-state index is 14.2. The minimum atomic E-state index is -3.85. The Labute approximate surface area is 256 Å². The van der Waals surface area contributed by atoms with Gasteiger partial charge in [-0.1, -0.05) is 82.8 Å². The number of rotatable bonds is 11. The van der Waals surface area contributed by atoms with E-state index in [0.717, 1.165) is 51.8 Å². The van der Waals surface area contributed by atoms with Crippen LogP contribution >= 0.6 is 27.5 Å². The number of carbonyl (C=O) groups excluding carboxylic acids is 2. The Bertz CT molecular complexity index is 1460. The second kappa shape index (κ2) is 13.9. The molecule has 1 saturated carbocycles. The lowest BCUT2D eigenvalue weighted by atomic mass is 10.0. The van der Waals surface area contributed by atoms with Crippen LogP contribution in [-0.2, 0) is 32.6 Å². The first kappa shape index (κ1) is 31.1. The summed E-state index contributed by atoms with van der Waals surface area (Å²) in [6.07, 6.45) is 5.28. The van der Waals surface area contributed by atoms with Crippen LogP contribution in [-0.4, -0.2) is 50.0 Å². The van der Waals surface area contributed by atoms with E-state index in [-0.39, 0.29) is 18.5 Å². The number of carbonyl (C=O) groups is 2. The summed E-state index contributed by atoms with van der Waals surface area (Å²) in [7, 11) is -3.85. The summed E-state index contributed by atoms with van der Waals surface area (Å²) in [5.41, 5.74) is 2.71. The van der Waals surface area contributed by atoms with Crippen LogP contribution in [0.2, 0.25) is 5.02 Å². The molecular weight excluding hydrogens is 626 g/mol. The summed E-state index contributed by atoms with van der Waals surface area (Å²) in [5.74, 6) is -0.713. The van der Waals surface area contributed by atoms with Crippen molar-refractivity contribution in [2.75, 3.05) is 17.1 Å². The lowest BCUT2D eigenvalue weighted by Gasteiger charge is -2.34. The van der Waals surface area contributed by atoms with Gasteiger partial charge in [-0.05, 0) is 66.8 Å². The van der Waals surface area contributed by atoms with Gasteiger partial charge in [0.2, 0.25) is 21.8 Å². The third-order valence-electron chi connectivity index (χ3n) is 7.35. The van der Waals surface area contributed by atoms with Crippen molar-refractivity contribution in [3.63, 3.8) is 0 Å². The smallest absolute Gasteiger partial charge is 0.244 e. The van der Waals surface area contributed by atoms with Gasteiger partial charge in [-0.3, -0.25) is 13.9 Å². The summed E-state index contributed by atoms with van der Waals surface area (Å²) in [4.78, 5) is 29.6. The van der Waals surface area contributed by atoms with Gasteiger partial charge in [-0.25, -0.2) is 8.42 Å². The van der Waals surface area contributed by atoms with Gasteiger partial charge in [0.25, 0.3) is 0 Å². The number of amides is 2. The Hall–Kier alpha value is -2.88. The molecule has 4 rings (SSSR count). The van der Waals surface area contributed by atoms with Crippen molar-refractivity contribution < 1.29 is 18.0 Å². The molecule has 0 spiro atoms. The lowest BCUT2D eigenvalue weighted by molar-refractivity contribution is -0.140. The molecule has 0 bridgehead atoms. The van der Waals surface area contributed by atoms with E-state index in [4.69, 9.17) is 11.6 Å². The van der Waals surface area contributed by atoms with E-state index < -0.39 is 28.5 Å². The summed E-state index contributed by atoms with van der Waals surface area (Å²) in [6.45, 7) is 1.43. The zero-order valence-corrected chi connectivity index (χ0v) is 26.4. The highest BCUT2D eigenvalue weighted by Crippen LogP contribution is 2.27. The number of hydrogen-bond donors (Lipinski definition) is 1. The molecule has 0 radical (unpaired) electrons. The highest BCUT2D eigenvalue weighted by Gasteiger charge is 2.34. The second-order valence-corrected chi connectivity index (χ2v) is 13.8. The molecule has 0 aliphatic heterocycles. The van der Waals surface area contributed by atoms with E-state index in [0.29, 0.717) is 22.7 Å². The van der Waals surface area contributed by atoms with E-state index in [9.17, 15) is 18.0 Å². The average molecular weight is 661 g/mol. The quantitative estimate of drug-likeness (QED) is 0.279. The van der Waals surface area contributed by atoms with Crippen LogP contribution in [0.3, 0.4) is 0 Å². The van der Waals surface area contributed by atoms with E-state index in [1.807, 2.05) is 54.6 Å². The third kappa shape index (κ3) is 8.56. The SMILES string of the molecule is Cc1cc(Cl)ccc1N(CC(=O)N(Cc1ccc(Br)cc1)[C@@H](Cc1ccccc1)C(=O)NC1CCCC1)S(C)(=O)=O. The Morgan fingerprint density at radius 2 is 1.66 bits per heavy atom. The van der Waals surface area contributed by atoms with Crippen LogP contribution in [0.1, 0.15) is 42.4 Å². The fourth-order valence-electron chi connectivity index (χ4n) is 5.20. The Kier molecular flexibility index (Phi) is 10.5. The maximum Gasteiger partial charge on any atom is 0.244 e. The predicted molar refractivity (Wildman–Crippen MR) is 167 cm³/mol. The zero-order valence-electron chi connectivity index (χ0n) is 23.2. The Balaban J connectivity index is 1.73. The molecular formula is C31H35BrClN3O4S. The monoisotopic (exact) mass is 659 g/mol. The molecule has 2 amide bonds. The van der Waals surface area contributed by atoms with Crippen LogP contribution in [0.25, 0.3) is 0 Å². The van der Waals surface area contributed by atoms with Crippen molar-refractivity contribution in [1.82, 2.24) is 10.2 Å². The molecule has 218 valence electrons. The van der Waals surface area contributed by atoms with Gasteiger partial charge in [-0.15, -0.1) is 0 Å². The molecule has 1 aliphatic rings. The fourth-order valence-corrected chi connectivity index (χ4v) is 6.60. The first-order valence-corrected chi connectivity index (χ1v) is 16.7. The molecule has 0 unspecified atom stereocenters. The minimum absolute atomic E-state index is 0.0645. The van der Waals surface area contributed by atoms with Gasteiger partial charge in [0.1, 0.15) is 12.6 Å². The topological polar surface area (TPSA) is 86.8 Å². The van der Waals surface area contributed by atoms with Crippen molar-refractivity contribution in [3.05, 3.63) is 99.0 Å². The summed E-state index contributed by atoms with van der Waals surface area (Å²) in [6, 6.07) is 21.2. The number of sulfonamides is 1. The Morgan fingerprint density at radius 1 is 1.00 bits per heavy atom. The van der Waals surface area contributed by atoms with Gasteiger partial charge in [0.05, 0.1) is 11.9 Å². The van der Waals surface area contributed by atoms with Gasteiger partial charge in [-0.2, -0.15) is 0 Å². The van der Waals surface area contributed by atoms with Crippen molar-refractivity contribution in [2.24, 2.45) is 0 Å². The number of aryl methyl sites for hydroxylation is 1. The molecule has 41 heavy (non-hydrogen) atoms. The third-order valence-corrected chi connectivity index (χ3v) is 9.24. The van der Waals surface area contributed by atoms with Crippen LogP contribution in [0.5, 0.6) is 0 Å². The van der Waals surface area contributed by atoms with Gasteiger partial charge in [0, 0.05) is 28.5 Å². The molecule has 1 N–H and O–H groups in total. The summed E-state index contributed by atoms with van der Waals surface area (Å²) >= 11 is 9.58.